The average Bonchev–Trinajstić information content (AvgIpc) is 2.92. The van der Waals surface area contributed by atoms with E-state index in [1.165, 1.54) is 0 Å². The Labute approximate surface area is 287 Å². The van der Waals surface area contributed by atoms with Gasteiger partial charge in [0.2, 0.25) is 0 Å². The Hall–Kier alpha value is -2.84. The molecule has 0 bridgehead atoms. The molecule has 0 aliphatic heterocycles. The van der Waals surface area contributed by atoms with Crippen LogP contribution >= 0.6 is 22.4 Å². The molecule has 0 atom stereocenters. The third-order valence-electron chi connectivity index (χ3n) is 5.84. The number of hydrogen-bond acceptors (Lipinski definition) is 2. The fraction of sp³-hybridized carbons (Fsp3) is 0.480. The topological polar surface area (TPSA) is 26.3 Å². The van der Waals surface area contributed by atoms with Gasteiger partial charge in [-0.05, 0) is 30.5 Å². The summed E-state index contributed by atoms with van der Waals surface area (Å²) in [7, 11) is 0. The van der Waals surface area contributed by atoms with Crippen LogP contribution in [0.2, 0.25) is 0 Å². The normalized spacial score (nSPS) is 13.0. The molecule has 2 radical (unpaired) electrons. The van der Waals surface area contributed by atoms with Gasteiger partial charge in [0.1, 0.15) is 5.57 Å². The highest BCUT2D eigenvalue weighted by molar-refractivity contribution is 14.1. The lowest BCUT2D eigenvalue weighted by Gasteiger charge is -2.38. The number of halogens is 23. The van der Waals surface area contributed by atoms with Gasteiger partial charge < -0.3 is 4.74 Å². The van der Waals surface area contributed by atoms with E-state index in [4.69, 9.17) is 0 Å². The second-order valence-corrected chi connectivity index (χ2v) is 9.19. The molecule has 0 fully saturated rings. The number of alkyl halides is 21. The first-order valence-corrected chi connectivity index (χ1v) is 13.0. The molecule has 0 aliphatic rings. The zero-order valence-corrected chi connectivity index (χ0v) is 27.0. The van der Waals surface area contributed by atoms with Crippen molar-refractivity contribution in [3.05, 3.63) is 66.3 Å². The molecule has 2 nitrogen and oxygen atoms in total. The Morgan fingerprint density at radius 3 is 1.08 bits per heavy atom. The molecule has 0 heterocycles. The molecule has 0 saturated carbocycles. The summed E-state index contributed by atoms with van der Waals surface area (Å²) in [4.78, 5) is 10.0. The highest BCUT2D eigenvalue weighted by Crippen LogP contribution is 2.55. The van der Waals surface area contributed by atoms with Crippen LogP contribution in [-0.2, 0) is 20.4 Å². The van der Waals surface area contributed by atoms with Crippen molar-refractivity contribution in [1.29, 1.82) is 0 Å². The summed E-state index contributed by atoms with van der Waals surface area (Å²) >= 11 is 1.65. The standard InChI is InChI=1S/C16H12F12.C5H5F3O2.C4H2F6.BI.FH/c1-4-8-5-9(11(2,13(17,18)19)14(20,21)22)7-10(6-8)12(3,15(23,24)25)16(26,27)28;1-2-4(9)10-3-5(6,7)8;1-2(3(5,6)7)4(8,9)10;1-2;/h4-7H,1H2,2-3H3;2H,1,3H2;1H2;;1H. The number of allylic oxidation sites excluding steroid dienone is 1. The molecule has 1 aromatic carbocycles. The van der Waals surface area contributed by atoms with Gasteiger partial charge in [0.25, 0.3) is 0 Å². The zero-order chi connectivity index (χ0) is 41.3. The van der Waals surface area contributed by atoms with Gasteiger partial charge >= 0.3 is 49.2 Å². The average molecular weight is 908 g/mol. The Morgan fingerprint density at radius 2 is 0.922 bits per heavy atom. The molecule has 0 aliphatic carbocycles. The van der Waals surface area contributed by atoms with Gasteiger partial charge in [-0.3, -0.25) is 4.70 Å². The van der Waals surface area contributed by atoms with Crippen molar-refractivity contribution in [2.75, 3.05) is 6.61 Å². The Balaban J connectivity index is -0.000000394. The summed E-state index contributed by atoms with van der Waals surface area (Å²) in [5.41, 5.74) is -12.1. The number of rotatable bonds is 5. The van der Waals surface area contributed by atoms with E-state index < -0.39 is 88.9 Å². The third-order valence-corrected chi connectivity index (χ3v) is 5.84. The van der Waals surface area contributed by atoms with E-state index >= 15 is 0 Å². The predicted octanol–water partition coefficient (Wildman–Crippen LogP) is 11.7. The van der Waals surface area contributed by atoms with Gasteiger partial charge in [-0.15, -0.1) is 0 Å². The first kappa shape index (κ1) is 54.9. The molecular weight excluding hydrogens is 888 g/mol. The third kappa shape index (κ3) is 15.4. The minimum absolute atomic E-state index is 0. The fourth-order valence-electron chi connectivity index (χ4n) is 2.70. The van der Waals surface area contributed by atoms with Crippen LogP contribution in [0.15, 0.2) is 49.6 Å². The molecule has 1 aromatic rings. The molecule has 51 heavy (non-hydrogen) atoms. The van der Waals surface area contributed by atoms with E-state index in [9.17, 15) is 97.0 Å². The lowest BCUT2D eigenvalue weighted by Crippen LogP contribution is -2.53. The van der Waals surface area contributed by atoms with Gasteiger partial charge in [0.05, 0.1) is 0 Å². The van der Waals surface area contributed by atoms with E-state index in [0.29, 0.717) is 12.2 Å². The Morgan fingerprint density at radius 1 is 0.647 bits per heavy atom. The molecule has 0 amide bonds. The molecule has 1 rings (SSSR count). The second kappa shape index (κ2) is 18.8. The second-order valence-electron chi connectivity index (χ2n) is 9.19. The number of ether oxygens (including phenoxy) is 1. The van der Waals surface area contributed by atoms with Gasteiger partial charge in [0.15, 0.2) is 23.1 Å². The van der Waals surface area contributed by atoms with Crippen molar-refractivity contribution in [3.8, 4) is 0 Å². The Bertz CT molecular complexity index is 1180. The Kier molecular flexibility index (Phi) is 20.2. The van der Waals surface area contributed by atoms with Crippen molar-refractivity contribution in [2.45, 2.75) is 67.9 Å². The fourth-order valence-corrected chi connectivity index (χ4v) is 2.70. The minimum Gasteiger partial charge on any atom is -0.453 e. The van der Waals surface area contributed by atoms with E-state index in [1.54, 1.807) is 22.4 Å². The van der Waals surface area contributed by atoms with Gasteiger partial charge in [0, 0.05) is 6.08 Å². The van der Waals surface area contributed by atoms with E-state index in [0.717, 1.165) is 0 Å². The van der Waals surface area contributed by atoms with Crippen LogP contribution in [0.3, 0.4) is 0 Å². The molecule has 26 heteroatoms. The van der Waals surface area contributed by atoms with Crippen molar-refractivity contribution in [1.82, 2.24) is 0 Å². The summed E-state index contributed by atoms with van der Waals surface area (Å²) < 4.78 is 263. The van der Waals surface area contributed by atoms with Crippen molar-refractivity contribution in [2.24, 2.45) is 0 Å². The van der Waals surface area contributed by atoms with Crippen molar-refractivity contribution >= 4 is 40.1 Å². The summed E-state index contributed by atoms with van der Waals surface area (Å²) in [5, 5.41) is 0. The lowest BCUT2D eigenvalue weighted by atomic mass is 9.74. The predicted molar refractivity (Wildman–Crippen MR) is 146 cm³/mol. The van der Waals surface area contributed by atoms with Gasteiger partial charge in [-0.1, -0.05) is 44.0 Å². The van der Waals surface area contributed by atoms with Gasteiger partial charge in [-0.25, -0.2) is 4.79 Å². The van der Waals surface area contributed by atoms with Crippen LogP contribution in [0.4, 0.5) is 96.9 Å². The maximum absolute atomic E-state index is 13.2. The quantitative estimate of drug-likeness (QED) is 0.0735. The number of carbonyl (C=O) groups is 1. The van der Waals surface area contributed by atoms with E-state index in [-0.39, 0.29) is 36.8 Å². The summed E-state index contributed by atoms with van der Waals surface area (Å²) in [5.74, 6) is -1.07. The van der Waals surface area contributed by atoms with Gasteiger partial charge in [-0.2, -0.15) is 115 Å². The van der Waals surface area contributed by atoms with Crippen molar-refractivity contribution < 1.29 is 106 Å². The summed E-state index contributed by atoms with van der Waals surface area (Å²) in [6.45, 7) is 5.48. The monoisotopic (exact) mass is 908 g/mol. The smallest absolute Gasteiger partial charge is 0.422 e. The van der Waals surface area contributed by atoms with Crippen LogP contribution in [0.5, 0.6) is 0 Å². The summed E-state index contributed by atoms with van der Waals surface area (Å²) in [6.07, 6.45) is -38.2. The molecule has 0 saturated heterocycles. The number of carbonyl (C=O) groups excluding carboxylic acids is 1. The zero-order valence-electron chi connectivity index (χ0n) is 24.8. The maximum atomic E-state index is 13.2. The summed E-state index contributed by atoms with van der Waals surface area (Å²) in [6, 6.07) is 0.0320. The molecule has 0 spiro atoms. The molecule has 0 unspecified atom stereocenters. The van der Waals surface area contributed by atoms with E-state index in [1.807, 2.05) is 6.58 Å². The first-order chi connectivity index (χ1) is 21.8. The van der Waals surface area contributed by atoms with Crippen LogP contribution in [-0.4, -0.2) is 61.5 Å². The van der Waals surface area contributed by atoms with Crippen molar-refractivity contribution in [3.63, 3.8) is 0 Å². The lowest BCUT2D eigenvalue weighted by molar-refractivity contribution is -0.298. The molecular formula is C25H20BF22IO2. The highest BCUT2D eigenvalue weighted by Gasteiger charge is 2.71. The molecule has 0 aromatic heterocycles. The van der Waals surface area contributed by atoms with Crippen LogP contribution in [0.1, 0.15) is 30.5 Å². The molecule has 296 valence electrons. The van der Waals surface area contributed by atoms with Crippen LogP contribution < -0.4 is 0 Å². The number of benzene rings is 1. The van der Waals surface area contributed by atoms with Crippen LogP contribution in [0, 0.1) is 0 Å². The first-order valence-electron chi connectivity index (χ1n) is 11.7. The maximum Gasteiger partial charge on any atom is 0.422 e. The number of esters is 1. The van der Waals surface area contributed by atoms with Crippen LogP contribution in [0.25, 0.3) is 6.08 Å². The van der Waals surface area contributed by atoms with E-state index in [2.05, 4.69) is 23.6 Å². The number of hydrogen-bond donors (Lipinski definition) is 0. The molecule has 0 N–H and O–H groups in total. The minimum atomic E-state index is -6.06. The largest absolute Gasteiger partial charge is 0.453 e. The highest BCUT2D eigenvalue weighted by atomic mass is 127. The SMILES string of the molecule is C=C(C(F)(F)F)C(F)(F)F.C=CC(=O)OCC(F)(F)F.C=Cc1cc(C(C)(C(F)(F)F)C(F)(F)F)cc(C(C)(C(F)(F)F)C(F)(F)F)c1.F.[B]I.